The van der Waals surface area contributed by atoms with Crippen molar-refractivity contribution >= 4 is 50.9 Å². The van der Waals surface area contributed by atoms with Crippen LogP contribution in [-0.2, 0) is 15.8 Å². The lowest BCUT2D eigenvalue weighted by Crippen LogP contribution is -2.29. The van der Waals surface area contributed by atoms with Crippen molar-refractivity contribution in [2.45, 2.75) is 23.3 Å². The van der Waals surface area contributed by atoms with Gasteiger partial charge in [0.15, 0.2) is 22.6 Å². The molecule has 190 valence electrons. The minimum atomic E-state index is -1.74. The topological polar surface area (TPSA) is 135 Å². The summed E-state index contributed by atoms with van der Waals surface area (Å²) in [5, 5.41) is 15.9. The van der Waals surface area contributed by atoms with Crippen LogP contribution >= 0.6 is 0 Å². The first kappa shape index (κ1) is 24.5. The van der Waals surface area contributed by atoms with Gasteiger partial charge in [-0.1, -0.05) is 18.2 Å². The van der Waals surface area contributed by atoms with Gasteiger partial charge in [0.25, 0.3) is 5.91 Å². The molecule has 0 spiro atoms. The largest absolute Gasteiger partial charge is 0.497 e. The van der Waals surface area contributed by atoms with Gasteiger partial charge >= 0.3 is 0 Å². The third-order valence-electron chi connectivity index (χ3n) is 5.83. The molecule has 1 fully saturated rings. The van der Waals surface area contributed by atoms with E-state index in [1.807, 2.05) is 24.3 Å². The molecule has 11 heteroatoms. The third-order valence-corrected chi connectivity index (χ3v) is 6.89. The van der Waals surface area contributed by atoms with E-state index in [2.05, 4.69) is 25.3 Å². The number of nitrogens with one attached hydrogen (secondary N) is 3. The fourth-order valence-corrected chi connectivity index (χ4v) is 4.48. The monoisotopic (exact) mass is 519 g/mol. The number of benzene rings is 3. The first-order valence-electron chi connectivity index (χ1n) is 11.5. The highest BCUT2D eigenvalue weighted by atomic mass is 32.2. The van der Waals surface area contributed by atoms with Crippen molar-refractivity contribution in [3.05, 3.63) is 66.7 Å². The van der Waals surface area contributed by atoms with Crippen molar-refractivity contribution in [3.63, 3.8) is 0 Å². The molecular weight excluding hydrogens is 494 g/mol. The normalized spacial score (nSPS) is 14.5. The standard InChI is InChI=1S/C26H25N5O5S/c1-35-18-12-17(13-19(15-18)36-2)27-23-24(30-22-9-4-3-8-21(22)29-23)31-37(34)20-7-5-6-16(14-20)28-25(32)26(33)10-11-26/h3-9,12-15,33H,10-11H2,1-2H3,(H,27,29)(H,28,32)(H,30,31). The van der Waals surface area contributed by atoms with E-state index < -0.39 is 22.5 Å². The van der Waals surface area contributed by atoms with E-state index in [-0.39, 0.29) is 5.82 Å². The van der Waals surface area contributed by atoms with Crippen molar-refractivity contribution in [1.29, 1.82) is 0 Å². The molecule has 1 aliphatic rings. The predicted octanol–water partition coefficient (Wildman–Crippen LogP) is 3.99. The van der Waals surface area contributed by atoms with Gasteiger partial charge in [-0.2, -0.15) is 0 Å². The molecule has 1 aromatic heterocycles. The smallest absolute Gasteiger partial charge is 0.256 e. The highest BCUT2D eigenvalue weighted by molar-refractivity contribution is 7.86. The maximum absolute atomic E-state index is 13.3. The Bertz CT molecular complexity index is 1490. The Morgan fingerprint density at radius 3 is 2.16 bits per heavy atom. The van der Waals surface area contributed by atoms with Crippen molar-refractivity contribution in [3.8, 4) is 11.5 Å². The zero-order valence-electron chi connectivity index (χ0n) is 20.1. The van der Waals surface area contributed by atoms with Crippen LogP contribution in [0.5, 0.6) is 11.5 Å². The Labute approximate surface area is 215 Å². The number of hydrogen-bond acceptors (Lipinski definition) is 8. The van der Waals surface area contributed by atoms with Crippen molar-refractivity contribution in [2.75, 3.05) is 29.6 Å². The van der Waals surface area contributed by atoms with Gasteiger partial charge in [-0.05, 0) is 43.2 Å². The van der Waals surface area contributed by atoms with Crippen LogP contribution in [0.2, 0.25) is 0 Å². The fraction of sp³-hybridized carbons (Fsp3) is 0.192. The first-order valence-corrected chi connectivity index (χ1v) is 12.6. The van der Waals surface area contributed by atoms with Crippen LogP contribution in [0.25, 0.3) is 11.0 Å². The van der Waals surface area contributed by atoms with Crippen LogP contribution < -0.4 is 24.8 Å². The van der Waals surface area contributed by atoms with E-state index in [4.69, 9.17) is 9.47 Å². The molecule has 5 rings (SSSR count). The molecule has 1 unspecified atom stereocenters. The molecule has 1 saturated carbocycles. The van der Waals surface area contributed by atoms with E-state index in [0.29, 0.717) is 57.5 Å². The van der Waals surface area contributed by atoms with Gasteiger partial charge in [0.1, 0.15) is 17.1 Å². The molecule has 37 heavy (non-hydrogen) atoms. The van der Waals surface area contributed by atoms with Gasteiger partial charge in [0, 0.05) is 29.6 Å². The lowest BCUT2D eigenvalue weighted by Gasteiger charge is -2.15. The lowest BCUT2D eigenvalue weighted by atomic mass is 10.2. The highest BCUT2D eigenvalue weighted by Gasteiger charge is 2.48. The highest BCUT2D eigenvalue weighted by Crippen LogP contribution is 2.36. The molecule has 1 aliphatic carbocycles. The molecule has 0 radical (unpaired) electrons. The van der Waals surface area contributed by atoms with Crippen LogP contribution in [0.1, 0.15) is 12.8 Å². The second-order valence-corrected chi connectivity index (χ2v) is 9.73. The summed E-state index contributed by atoms with van der Waals surface area (Å²) in [6.45, 7) is 0. The molecule has 10 nitrogen and oxygen atoms in total. The van der Waals surface area contributed by atoms with Gasteiger partial charge in [0.2, 0.25) is 0 Å². The van der Waals surface area contributed by atoms with Crippen molar-refractivity contribution < 1.29 is 23.6 Å². The Balaban J connectivity index is 1.44. The Morgan fingerprint density at radius 1 is 0.892 bits per heavy atom. The first-order chi connectivity index (χ1) is 17.9. The van der Waals surface area contributed by atoms with Crippen LogP contribution in [0.15, 0.2) is 71.6 Å². The summed E-state index contributed by atoms with van der Waals surface area (Å²) in [6.07, 6.45) is 0.864. The van der Waals surface area contributed by atoms with E-state index in [9.17, 15) is 14.1 Å². The lowest BCUT2D eigenvalue weighted by molar-refractivity contribution is -0.125. The molecular formula is C26H25N5O5S. The molecule has 0 aliphatic heterocycles. The number of para-hydroxylation sites is 2. The quantitative estimate of drug-likeness (QED) is 0.261. The number of amides is 1. The van der Waals surface area contributed by atoms with Crippen molar-refractivity contribution in [2.24, 2.45) is 0 Å². The van der Waals surface area contributed by atoms with Gasteiger partial charge in [-0.3, -0.25) is 9.52 Å². The molecule has 1 amide bonds. The summed E-state index contributed by atoms with van der Waals surface area (Å²) >= 11 is 0. The van der Waals surface area contributed by atoms with Gasteiger partial charge in [-0.15, -0.1) is 0 Å². The second kappa shape index (κ2) is 10.0. The molecule has 0 saturated heterocycles. The number of aromatic nitrogens is 2. The summed E-state index contributed by atoms with van der Waals surface area (Å²) in [5.41, 5.74) is 1.03. The Kier molecular flexibility index (Phi) is 6.64. The second-order valence-electron chi connectivity index (χ2n) is 8.52. The summed E-state index contributed by atoms with van der Waals surface area (Å²) < 4.78 is 26.9. The van der Waals surface area contributed by atoms with Crippen LogP contribution in [0.3, 0.4) is 0 Å². The van der Waals surface area contributed by atoms with E-state index in [1.54, 1.807) is 56.7 Å². The van der Waals surface area contributed by atoms with Crippen molar-refractivity contribution in [1.82, 2.24) is 9.97 Å². The van der Waals surface area contributed by atoms with Gasteiger partial charge in [0.05, 0.1) is 30.1 Å². The van der Waals surface area contributed by atoms with E-state index >= 15 is 0 Å². The molecule has 4 aromatic rings. The third kappa shape index (κ3) is 5.47. The number of ether oxygens (including phenoxy) is 2. The number of nitrogens with zero attached hydrogens (tertiary/aromatic N) is 2. The average molecular weight is 520 g/mol. The fourth-order valence-electron chi connectivity index (χ4n) is 3.60. The summed E-state index contributed by atoms with van der Waals surface area (Å²) in [5.74, 6) is 1.32. The number of fused-ring (bicyclic) bond motifs is 1. The summed E-state index contributed by atoms with van der Waals surface area (Å²) in [7, 11) is 1.38. The minimum absolute atomic E-state index is 0.264. The number of methoxy groups -OCH3 is 2. The van der Waals surface area contributed by atoms with E-state index in [1.165, 1.54) is 0 Å². The zero-order chi connectivity index (χ0) is 26.0. The molecule has 4 N–H and O–H groups in total. The predicted molar refractivity (Wildman–Crippen MR) is 142 cm³/mol. The zero-order valence-corrected chi connectivity index (χ0v) is 21.0. The number of carbonyl (C=O) groups is 1. The molecule has 1 atom stereocenters. The maximum Gasteiger partial charge on any atom is 0.256 e. The average Bonchev–Trinajstić information content (AvgIpc) is 3.67. The van der Waals surface area contributed by atoms with Crippen LogP contribution in [0.4, 0.5) is 23.0 Å². The SMILES string of the molecule is COc1cc(Nc2nc3ccccc3nc2NS(=O)c2cccc(NC(=O)C3(O)CC3)c2)cc(OC)c1. The van der Waals surface area contributed by atoms with E-state index in [0.717, 1.165) is 0 Å². The van der Waals surface area contributed by atoms with Crippen LogP contribution in [-0.4, -0.2) is 45.0 Å². The molecule has 3 aromatic carbocycles. The summed E-state index contributed by atoms with van der Waals surface area (Å²) in [6, 6.07) is 19.3. The number of rotatable bonds is 9. The number of anilines is 4. The Hall–Kier alpha value is -4.22. The Morgan fingerprint density at radius 2 is 1.54 bits per heavy atom. The summed E-state index contributed by atoms with van der Waals surface area (Å²) in [4.78, 5) is 21.9. The maximum atomic E-state index is 13.3. The van der Waals surface area contributed by atoms with Gasteiger partial charge < -0.3 is 25.2 Å². The minimum Gasteiger partial charge on any atom is -0.497 e. The number of aliphatic hydroxyl groups is 1. The van der Waals surface area contributed by atoms with Gasteiger partial charge in [-0.25, -0.2) is 14.2 Å². The molecule has 0 bridgehead atoms. The van der Waals surface area contributed by atoms with Crippen LogP contribution in [0, 0.1) is 0 Å². The molecule has 1 heterocycles. The number of hydrogen-bond donors (Lipinski definition) is 4. The number of carbonyl (C=O) groups excluding carboxylic acids is 1.